The van der Waals surface area contributed by atoms with Crippen LogP contribution in [0.2, 0.25) is 0 Å². The number of halogens is 3. The number of nitrogens with zero attached hydrogens (tertiary/aromatic N) is 2. The Morgan fingerprint density at radius 2 is 1.93 bits per heavy atom. The highest BCUT2D eigenvalue weighted by Crippen LogP contribution is 2.30. The number of hydrogen-bond donors (Lipinski definition) is 1. The summed E-state index contributed by atoms with van der Waals surface area (Å²) in [5.41, 5.74) is 1.65. The molecule has 11 heteroatoms. The highest BCUT2D eigenvalue weighted by atomic mass is 19.1. The molecule has 2 atom stereocenters. The zero-order chi connectivity index (χ0) is 28.4. The second-order valence-electron chi connectivity index (χ2n) is 10.6. The third kappa shape index (κ3) is 6.24. The van der Waals surface area contributed by atoms with Crippen LogP contribution in [0.15, 0.2) is 34.7 Å². The van der Waals surface area contributed by atoms with Crippen LogP contribution in [0, 0.1) is 24.5 Å². The van der Waals surface area contributed by atoms with E-state index in [-0.39, 0.29) is 67.0 Å². The highest BCUT2D eigenvalue weighted by Gasteiger charge is 2.36. The molecule has 1 aromatic heterocycles. The Hall–Kier alpha value is -3.60. The fraction of sp³-hybridized carbons (Fsp3) is 0.483. The van der Waals surface area contributed by atoms with Crippen LogP contribution in [-0.4, -0.2) is 60.3 Å². The number of rotatable bonds is 8. The largest absolute Gasteiger partial charge is 0.469 e. The minimum atomic E-state index is -1.17. The Bertz CT molecular complexity index is 1390. The van der Waals surface area contributed by atoms with E-state index in [2.05, 4.69) is 10.3 Å². The maximum Gasteiger partial charge on any atom is 0.308 e. The predicted molar refractivity (Wildman–Crippen MR) is 141 cm³/mol. The first kappa shape index (κ1) is 27.9. The third-order valence-electron chi connectivity index (χ3n) is 7.72. The van der Waals surface area contributed by atoms with Gasteiger partial charge in [0.2, 0.25) is 5.91 Å². The van der Waals surface area contributed by atoms with Crippen LogP contribution in [-0.2, 0) is 25.5 Å². The van der Waals surface area contributed by atoms with Crippen molar-refractivity contribution < 1.29 is 36.7 Å². The number of aromatic nitrogens is 1. The van der Waals surface area contributed by atoms with Crippen molar-refractivity contribution in [3.8, 4) is 0 Å². The average Bonchev–Trinajstić information content (AvgIpc) is 3.52. The number of carbonyl (C=O) groups is 2. The van der Waals surface area contributed by atoms with Crippen molar-refractivity contribution >= 4 is 34.7 Å². The minimum absolute atomic E-state index is 0.0104. The van der Waals surface area contributed by atoms with Gasteiger partial charge >= 0.3 is 5.97 Å². The summed E-state index contributed by atoms with van der Waals surface area (Å²) in [6.07, 6.45) is 1.55. The van der Waals surface area contributed by atoms with Gasteiger partial charge in [0.05, 0.1) is 44.7 Å². The number of alkyl halides is 1. The molecule has 0 unspecified atom stereocenters. The van der Waals surface area contributed by atoms with Gasteiger partial charge in [-0.05, 0) is 68.0 Å². The van der Waals surface area contributed by atoms with Gasteiger partial charge in [-0.1, -0.05) is 6.07 Å². The van der Waals surface area contributed by atoms with Crippen LogP contribution in [0.5, 0.6) is 0 Å². The predicted octanol–water partition coefficient (Wildman–Crippen LogP) is 5.39. The smallest absolute Gasteiger partial charge is 0.308 e. The number of oxazole rings is 1. The molecule has 40 heavy (non-hydrogen) atoms. The van der Waals surface area contributed by atoms with E-state index in [9.17, 15) is 22.8 Å². The number of methoxy groups -OCH3 is 1. The molecule has 1 aliphatic heterocycles. The van der Waals surface area contributed by atoms with Gasteiger partial charge in [0.1, 0.15) is 17.5 Å². The number of likely N-dealkylation sites (tertiary alicyclic amines) is 1. The molecule has 1 saturated heterocycles. The second-order valence-corrected chi connectivity index (χ2v) is 10.6. The number of fused-ring (bicyclic) bond motifs is 1. The van der Waals surface area contributed by atoms with E-state index in [0.717, 1.165) is 5.56 Å². The number of esters is 1. The van der Waals surface area contributed by atoms with Crippen molar-refractivity contribution in [3.05, 3.63) is 53.1 Å². The van der Waals surface area contributed by atoms with Crippen LogP contribution in [0.25, 0.3) is 11.1 Å². The standard InChI is InChI=1S/C29H32F3N3O5/c1-16-3-6-19(30)13-24(16)33-29-34-27-23(32)9-17(10-25(27)40-29)11-26(36)35-14-20(31)12-21(35)15-39-22-7-4-18(5-8-22)28(37)38-2/h3,6,9-10,13,18,20-22H,4-5,7-8,11-12,14-15H2,1-2H3,(H,33,34)/t18-,20-,21-,22-/m0/s1. The van der Waals surface area contributed by atoms with Gasteiger partial charge < -0.3 is 24.1 Å². The highest BCUT2D eigenvalue weighted by molar-refractivity contribution is 5.82. The molecule has 214 valence electrons. The van der Waals surface area contributed by atoms with E-state index >= 15 is 0 Å². The Morgan fingerprint density at radius 1 is 1.15 bits per heavy atom. The first-order valence-electron chi connectivity index (χ1n) is 13.4. The molecule has 2 aliphatic rings. The normalized spacial score (nSPS) is 23.0. The van der Waals surface area contributed by atoms with E-state index in [1.807, 2.05) is 0 Å². The molecule has 8 nitrogen and oxygen atoms in total. The van der Waals surface area contributed by atoms with Crippen molar-refractivity contribution in [2.75, 3.05) is 25.6 Å². The van der Waals surface area contributed by atoms with Gasteiger partial charge in [-0.25, -0.2) is 13.2 Å². The van der Waals surface area contributed by atoms with Crippen LogP contribution in [0.3, 0.4) is 0 Å². The Labute approximate surface area is 229 Å². The number of aryl methyl sites for hydroxylation is 1. The zero-order valence-corrected chi connectivity index (χ0v) is 22.4. The molecule has 2 aromatic carbocycles. The lowest BCUT2D eigenvalue weighted by Gasteiger charge is -2.30. The monoisotopic (exact) mass is 559 g/mol. The summed E-state index contributed by atoms with van der Waals surface area (Å²) in [7, 11) is 1.38. The molecule has 3 aromatic rings. The van der Waals surface area contributed by atoms with Gasteiger partial charge in [-0.2, -0.15) is 4.98 Å². The molecular formula is C29H32F3N3O5. The summed E-state index contributed by atoms with van der Waals surface area (Å²) in [5.74, 6) is -1.77. The molecule has 0 radical (unpaired) electrons. The molecule has 5 rings (SSSR count). The Morgan fingerprint density at radius 3 is 2.67 bits per heavy atom. The summed E-state index contributed by atoms with van der Waals surface area (Å²) in [5, 5.41) is 2.86. The first-order chi connectivity index (χ1) is 19.2. The number of ether oxygens (including phenoxy) is 2. The van der Waals surface area contributed by atoms with Crippen LogP contribution < -0.4 is 5.32 Å². The van der Waals surface area contributed by atoms with Gasteiger partial charge in [0.25, 0.3) is 6.01 Å². The van der Waals surface area contributed by atoms with E-state index in [0.29, 0.717) is 36.9 Å². The van der Waals surface area contributed by atoms with Crippen molar-refractivity contribution in [1.82, 2.24) is 9.88 Å². The van der Waals surface area contributed by atoms with Gasteiger partial charge in [-0.15, -0.1) is 0 Å². The fourth-order valence-electron chi connectivity index (χ4n) is 5.52. The van der Waals surface area contributed by atoms with E-state index in [1.165, 1.54) is 36.3 Å². The second kappa shape index (κ2) is 11.9. The van der Waals surface area contributed by atoms with Gasteiger partial charge in [0, 0.05) is 12.1 Å². The molecule has 0 spiro atoms. The van der Waals surface area contributed by atoms with Crippen molar-refractivity contribution in [2.45, 2.75) is 63.8 Å². The number of amides is 1. The Kier molecular flexibility index (Phi) is 8.30. The molecule has 1 N–H and O–H groups in total. The van der Waals surface area contributed by atoms with E-state index < -0.39 is 23.8 Å². The summed E-state index contributed by atoms with van der Waals surface area (Å²) < 4.78 is 59.4. The molecule has 2 fully saturated rings. The van der Waals surface area contributed by atoms with Crippen molar-refractivity contribution in [3.63, 3.8) is 0 Å². The lowest BCUT2D eigenvalue weighted by molar-refractivity contribution is -0.148. The maximum atomic E-state index is 14.9. The molecule has 0 bridgehead atoms. The maximum absolute atomic E-state index is 14.9. The van der Waals surface area contributed by atoms with Gasteiger partial charge in [-0.3, -0.25) is 9.59 Å². The summed E-state index contributed by atoms with van der Waals surface area (Å²) in [4.78, 5) is 30.5. The number of benzene rings is 2. The third-order valence-corrected chi connectivity index (χ3v) is 7.72. The average molecular weight is 560 g/mol. The fourth-order valence-corrected chi connectivity index (χ4v) is 5.52. The molecular weight excluding hydrogens is 527 g/mol. The number of anilines is 2. The SMILES string of the molecule is COC(=O)[C@H]1CC[C@H](OC[C@@H]2C[C@H](F)CN2C(=O)Cc2cc(F)c3nc(Nc4cc(F)ccc4C)oc3c2)CC1. The minimum Gasteiger partial charge on any atom is -0.469 e. The molecule has 1 amide bonds. The summed E-state index contributed by atoms with van der Waals surface area (Å²) in [6.45, 7) is 1.93. The van der Waals surface area contributed by atoms with Crippen molar-refractivity contribution in [2.24, 2.45) is 5.92 Å². The number of hydrogen-bond acceptors (Lipinski definition) is 7. The number of nitrogens with one attached hydrogen (secondary N) is 1. The lowest BCUT2D eigenvalue weighted by Crippen LogP contribution is -2.40. The number of carbonyl (C=O) groups excluding carboxylic acids is 2. The summed E-state index contributed by atoms with van der Waals surface area (Å²) in [6, 6.07) is 6.52. The molecule has 1 aliphatic carbocycles. The zero-order valence-electron chi connectivity index (χ0n) is 22.4. The summed E-state index contributed by atoms with van der Waals surface area (Å²) >= 11 is 0. The van der Waals surface area contributed by atoms with E-state index in [1.54, 1.807) is 13.0 Å². The lowest BCUT2D eigenvalue weighted by atomic mass is 9.87. The van der Waals surface area contributed by atoms with Gasteiger partial charge in [0.15, 0.2) is 11.4 Å². The van der Waals surface area contributed by atoms with Crippen molar-refractivity contribution in [1.29, 1.82) is 0 Å². The van der Waals surface area contributed by atoms with Crippen LogP contribution >= 0.6 is 0 Å². The van der Waals surface area contributed by atoms with Crippen LogP contribution in [0.1, 0.15) is 43.2 Å². The van der Waals surface area contributed by atoms with E-state index in [4.69, 9.17) is 13.9 Å². The molecule has 2 heterocycles. The van der Waals surface area contributed by atoms with Crippen LogP contribution in [0.4, 0.5) is 24.9 Å². The Balaban J connectivity index is 1.22. The topological polar surface area (TPSA) is 93.9 Å². The first-order valence-corrected chi connectivity index (χ1v) is 13.4. The quantitative estimate of drug-likeness (QED) is 0.370. The molecule has 1 saturated carbocycles.